The van der Waals surface area contributed by atoms with Crippen molar-refractivity contribution in [1.29, 1.82) is 0 Å². The largest absolute Gasteiger partial charge is 0.427 e. The smallest absolute Gasteiger partial charge is 0.311 e. The summed E-state index contributed by atoms with van der Waals surface area (Å²) >= 11 is 0. The molecule has 0 radical (unpaired) electrons. The molecule has 0 saturated carbocycles. The van der Waals surface area contributed by atoms with Crippen LogP contribution < -0.4 is 4.74 Å². The number of carbonyl (C=O) groups is 1. The first-order chi connectivity index (χ1) is 9.24. The summed E-state index contributed by atoms with van der Waals surface area (Å²) in [6.07, 6.45) is 4.83. The van der Waals surface area contributed by atoms with Gasteiger partial charge in [-0.1, -0.05) is 28.0 Å². The predicted octanol–water partition coefficient (Wildman–Crippen LogP) is 4.45. The fourth-order valence-corrected chi connectivity index (χ4v) is 4.92. The molecule has 1 atom stereocenters. The van der Waals surface area contributed by atoms with Gasteiger partial charge in [0.1, 0.15) is 11.6 Å². The molecule has 1 aromatic carbocycles. The lowest BCUT2D eigenvalue weighted by Gasteiger charge is -2.07. The Morgan fingerprint density at radius 3 is 2.79 bits per heavy atom. The second kappa shape index (κ2) is 7.80. The first-order valence-corrected chi connectivity index (χ1v) is 8.87. The van der Waals surface area contributed by atoms with Gasteiger partial charge in [-0.15, -0.1) is 0 Å². The quantitative estimate of drug-likeness (QED) is 0.336. The zero-order valence-corrected chi connectivity index (χ0v) is 12.3. The van der Waals surface area contributed by atoms with Crippen molar-refractivity contribution in [3.05, 3.63) is 30.1 Å². The average molecular weight is 300 g/mol. The maximum absolute atomic E-state index is 12.7. The molecule has 1 saturated heterocycles. The molecule has 5 heteroatoms. The second-order valence-corrected chi connectivity index (χ2v) is 7.29. The van der Waals surface area contributed by atoms with E-state index >= 15 is 0 Å². The molecular weight excluding hydrogens is 283 g/mol. The van der Waals surface area contributed by atoms with Gasteiger partial charge in [0, 0.05) is 17.4 Å². The number of ether oxygens (including phenoxy) is 1. The van der Waals surface area contributed by atoms with Crippen LogP contribution in [-0.4, -0.2) is 17.0 Å². The Morgan fingerprint density at radius 1 is 1.32 bits per heavy atom. The van der Waals surface area contributed by atoms with Gasteiger partial charge in [0.05, 0.1) is 0 Å². The van der Waals surface area contributed by atoms with Crippen LogP contribution in [0.3, 0.4) is 0 Å². The molecule has 1 aliphatic heterocycles. The normalized spacial score (nSPS) is 18.5. The van der Waals surface area contributed by atoms with Gasteiger partial charge in [-0.2, -0.15) is 0 Å². The Bertz CT molecular complexity index is 402. The summed E-state index contributed by atoms with van der Waals surface area (Å²) in [5.74, 6) is 1.10. The molecule has 0 aliphatic carbocycles. The van der Waals surface area contributed by atoms with E-state index in [9.17, 15) is 9.18 Å². The van der Waals surface area contributed by atoms with Gasteiger partial charge >= 0.3 is 5.97 Å². The van der Waals surface area contributed by atoms with Crippen LogP contribution in [0.15, 0.2) is 24.3 Å². The van der Waals surface area contributed by atoms with Crippen LogP contribution in [0.4, 0.5) is 4.39 Å². The van der Waals surface area contributed by atoms with Crippen molar-refractivity contribution in [1.82, 2.24) is 0 Å². The minimum atomic E-state index is -0.327. The van der Waals surface area contributed by atoms with Gasteiger partial charge < -0.3 is 4.74 Å². The summed E-state index contributed by atoms with van der Waals surface area (Å²) in [6.45, 7) is 0. The Hall–Kier alpha value is -0.680. The molecule has 0 N–H and O–H groups in total. The van der Waals surface area contributed by atoms with Crippen LogP contribution in [0.25, 0.3) is 0 Å². The number of benzene rings is 1. The molecule has 2 nitrogen and oxygen atoms in total. The molecule has 0 amide bonds. The maximum Gasteiger partial charge on any atom is 0.311 e. The van der Waals surface area contributed by atoms with Crippen molar-refractivity contribution in [3.63, 3.8) is 0 Å². The molecular formula is C14H17FO2S2. The summed E-state index contributed by atoms with van der Waals surface area (Å²) in [5, 5.41) is 0.762. The SMILES string of the molecule is O=C(CCCCC1CCSS1)Oc1ccc(F)cc1. The van der Waals surface area contributed by atoms with Crippen molar-refractivity contribution in [2.24, 2.45) is 0 Å². The van der Waals surface area contributed by atoms with E-state index < -0.39 is 0 Å². The highest BCUT2D eigenvalue weighted by molar-refractivity contribution is 8.77. The molecule has 0 spiro atoms. The van der Waals surface area contributed by atoms with Gasteiger partial charge in [0.2, 0.25) is 0 Å². The van der Waals surface area contributed by atoms with Gasteiger partial charge in [-0.25, -0.2) is 4.39 Å². The van der Waals surface area contributed by atoms with E-state index in [1.165, 1.54) is 42.9 Å². The highest BCUT2D eigenvalue weighted by Crippen LogP contribution is 2.39. The zero-order chi connectivity index (χ0) is 13.5. The van der Waals surface area contributed by atoms with E-state index in [-0.39, 0.29) is 11.8 Å². The molecule has 1 unspecified atom stereocenters. The average Bonchev–Trinajstić information content (AvgIpc) is 2.91. The number of unbranched alkanes of at least 4 members (excludes halogenated alkanes) is 1. The summed E-state index contributed by atoms with van der Waals surface area (Å²) in [6, 6.07) is 5.52. The molecule has 104 valence electrons. The van der Waals surface area contributed by atoms with Crippen molar-refractivity contribution < 1.29 is 13.9 Å². The third-order valence-electron chi connectivity index (χ3n) is 2.93. The van der Waals surface area contributed by atoms with Crippen molar-refractivity contribution >= 4 is 27.6 Å². The zero-order valence-electron chi connectivity index (χ0n) is 10.6. The van der Waals surface area contributed by atoms with Crippen LogP contribution in [0.5, 0.6) is 5.75 Å². The van der Waals surface area contributed by atoms with Crippen molar-refractivity contribution in [2.45, 2.75) is 37.4 Å². The highest BCUT2D eigenvalue weighted by Gasteiger charge is 2.16. The summed E-state index contributed by atoms with van der Waals surface area (Å²) in [5.41, 5.74) is 0. The minimum Gasteiger partial charge on any atom is -0.427 e. The number of hydrogen-bond acceptors (Lipinski definition) is 4. The van der Waals surface area contributed by atoms with Crippen LogP contribution in [0.2, 0.25) is 0 Å². The van der Waals surface area contributed by atoms with E-state index in [1.54, 1.807) is 0 Å². The Morgan fingerprint density at radius 2 is 2.11 bits per heavy atom. The minimum absolute atomic E-state index is 0.236. The monoisotopic (exact) mass is 300 g/mol. The van der Waals surface area contributed by atoms with Gasteiger partial charge in [0.15, 0.2) is 0 Å². The van der Waals surface area contributed by atoms with E-state index in [2.05, 4.69) is 0 Å². The Balaban J connectivity index is 1.60. The lowest BCUT2D eigenvalue weighted by Crippen LogP contribution is -2.08. The summed E-state index contributed by atoms with van der Waals surface area (Å²) in [7, 11) is 3.91. The topological polar surface area (TPSA) is 26.3 Å². The molecule has 19 heavy (non-hydrogen) atoms. The number of esters is 1. The standard InChI is InChI=1S/C14H17FO2S2/c15-11-5-7-12(8-6-11)17-14(16)4-2-1-3-13-9-10-18-19-13/h5-8,13H,1-4,9-10H2. The molecule has 0 aromatic heterocycles. The fourth-order valence-electron chi connectivity index (χ4n) is 1.89. The number of carbonyl (C=O) groups excluding carboxylic acids is 1. The van der Waals surface area contributed by atoms with Gasteiger partial charge in [-0.3, -0.25) is 4.79 Å². The molecule has 1 aromatic rings. The van der Waals surface area contributed by atoms with Crippen LogP contribution in [0, 0.1) is 5.82 Å². The Kier molecular flexibility index (Phi) is 6.04. The van der Waals surface area contributed by atoms with Crippen molar-refractivity contribution in [3.8, 4) is 5.75 Å². The van der Waals surface area contributed by atoms with Gasteiger partial charge in [0.25, 0.3) is 0 Å². The first-order valence-electron chi connectivity index (χ1n) is 6.48. The lowest BCUT2D eigenvalue weighted by molar-refractivity contribution is -0.134. The molecule has 1 heterocycles. The van der Waals surface area contributed by atoms with E-state index in [0.29, 0.717) is 12.2 Å². The third-order valence-corrected chi connectivity index (χ3v) is 5.94. The second-order valence-electron chi connectivity index (χ2n) is 4.50. The lowest BCUT2D eigenvalue weighted by atomic mass is 10.1. The maximum atomic E-state index is 12.7. The summed E-state index contributed by atoms with van der Waals surface area (Å²) in [4.78, 5) is 11.6. The number of rotatable bonds is 6. The third kappa shape index (κ3) is 5.45. The first kappa shape index (κ1) is 14.7. The summed E-state index contributed by atoms with van der Waals surface area (Å²) < 4.78 is 17.8. The Labute approximate surface area is 120 Å². The number of halogens is 1. The predicted molar refractivity (Wildman–Crippen MR) is 79.0 cm³/mol. The highest BCUT2D eigenvalue weighted by atomic mass is 33.1. The fraction of sp³-hybridized carbons (Fsp3) is 0.500. The van der Waals surface area contributed by atoms with E-state index in [1.807, 2.05) is 21.6 Å². The molecule has 2 rings (SSSR count). The van der Waals surface area contributed by atoms with Crippen molar-refractivity contribution in [2.75, 3.05) is 5.75 Å². The van der Waals surface area contributed by atoms with E-state index in [4.69, 9.17) is 4.74 Å². The molecule has 1 aliphatic rings. The van der Waals surface area contributed by atoms with E-state index in [0.717, 1.165) is 18.1 Å². The van der Waals surface area contributed by atoms with Crippen LogP contribution in [0.1, 0.15) is 32.1 Å². The molecule has 0 bridgehead atoms. The van der Waals surface area contributed by atoms with Crippen LogP contribution >= 0.6 is 21.6 Å². The molecule has 1 fully saturated rings. The van der Waals surface area contributed by atoms with Crippen LogP contribution in [-0.2, 0) is 4.79 Å². The van der Waals surface area contributed by atoms with Gasteiger partial charge in [-0.05, 0) is 43.5 Å². The number of hydrogen-bond donors (Lipinski definition) is 0.